The van der Waals surface area contributed by atoms with Crippen molar-refractivity contribution in [3.8, 4) is 5.75 Å². The molecule has 0 saturated heterocycles. The summed E-state index contributed by atoms with van der Waals surface area (Å²) in [7, 11) is 1.37. The quantitative estimate of drug-likeness (QED) is 0.427. The van der Waals surface area contributed by atoms with Crippen LogP contribution in [-0.2, 0) is 24.2 Å². The fourth-order valence-electron chi connectivity index (χ4n) is 3.64. The molecule has 5 nitrogen and oxygen atoms in total. The highest BCUT2D eigenvalue weighted by Crippen LogP contribution is 2.39. The van der Waals surface area contributed by atoms with Crippen LogP contribution in [0.25, 0.3) is 0 Å². The summed E-state index contributed by atoms with van der Waals surface area (Å²) in [5.74, 6) is 0.129. The minimum atomic E-state index is -0.395. The maximum atomic E-state index is 12.9. The second kappa shape index (κ2) is 9.42. The molecule has 8 heteroatoms. The Morgan fingerprint density at radius 2 is 2.00 bits per heavy atom. The molecule has 1 N–H and O–H groups in total. The lowest BCUT2D eigenvalue weighted by molar-refractivity contribution is 0.0601. The Balaban J connectivity index is 1.47. The molecule has 2 aromatic heterocycles. The van der Waals surface area contributed by atoms with Gasteiger partial charge in [0.2, 0.25) is 0 Å². The van der Waals surface area contributed by atoms with E-state index in [-0.39, 0.29) is 5.91 Å². The molecule has 1 aromatic carbocycles. The number of rotatable bonds is 6. The van der Waals surface area contributed by atoms with Gasteiger partial charge in [0.1, 0.15) is 17.4 Å². The molecule has 3 aromatic rings. The number of nitrogens with one attached hydrogen (secondary N) is 1. The monoisotopic (exact) mass is 475 g/mol. The summed E-state index contributed by atoms with van der Waals surface area (Å²) < 4.78 is 10.8. The van der Waals surface area contributed by atoms with Crippen molar-refractivity contribution in [3.63, 3.8) is 0 Å². The lowest BCUT2D eigenvalue weighted by Crippen LogP contribution is -2.14. The van der Waals surface area contributed by atoms with Crippen LogP contribution in [0.5, 0.6) is 5.75 Å². The van der Waals surface area contributed by atoms with Crippen molar-refractivity contribution in [2.45, 2.75) is 39.2 Å². The molecule has 0 saturated carbocycles. The summed E-state index contributed by atoms with van der Waals surface area (Å²) in [5.41, 5.74) is 3.40. The van der Waals surface area contributed by atoms with E-state index < -0.39 is 5.97 Å². The zero-order chi connectivity index (χ0) is 22.0. The molecule has 0 spiro atoms. The van der Waals surface area contributed by atoms with E-state index in [0.29, 0.717) is 27.1 Å². The highest BCUT2D eigenvalue weighted by atomic mass is 35.5. The summed E-state index contributed by atoms with van der Waals surface area (Å²) in [4.78, 5) is 27.0. The number of amides is 1. The Bertz CT molecular complexity index is 1130. The van der Waals surface area contributed by atoms with Crippen LogP contribution < -0.4 is 10.1 Å². The van der Waals surface area contributed by atoms with Crippen molar-refractivity contribution in [2.75, 3.05) is 12.4 Å². The van der Waals surface area contributed by atoms with E-state index in [4.69, 9.17) is 21.1 Å². The minimum absolute atomic E-state index is 0.234. The molecule has 4 rings (SSSR count). The van der Waals surface area contributed by atoms with Gasteiger partial charge in [-0.3, -0.25) is 4.79 Å². The lowest BCUT2D eigenvalue weighted by atomic mass is 9.95. The van der Waals surface area contributed by atoms with Gasteiger partial charge in [0, 0.05) is 15.5 Å². The van der Waals surface area contributed by atoms with Crippen molar-refractivity contribution in [1.29, 1.82) is 0 Å². The van der Waals surface area contributed by atoms with Crippen LogP contribution in [0.1, 0.15) is 54.4 Å². The van der Waals surface area contributed by atoms with Gasteiger partial charge in [-0.1, -0.05) is 11.6 Å². The molecule has 0 unspecified atom stereocenters. The number of halogens is 1. The molecule has 1 aliphatic rings. The molecule has 0 radical (unpaired) electrons. The largest absolute Gasteiger partial charge is 0.489 e. The van der Waals surface area contributed by atoms with Gasteiger partial charge < -0.3 is 14.8 Å². The molecule has 31 heavy (non-hydrogen) atoms. The molecule has 0 fully saturated rings. The first-order valence-electron chi connectivity index (χ1n) is 9.97. The average Bonchev–Trinajstić information content (AvgIpc) is 3.37. The molecule has 1 aliphatic carbocycles. The van der Waals surface area contributed by atoms with E-state index in [2.05, 4.69) is 5.32 Å². The third kappa shape index (κ3) is 4.79. The number of hydrogen-bond donors (Lipinski definition) is 1. The number of benzene rings is 1. The van der Waals surface area contributed by atoms with E-state index >= 15 is 0 Å². The van der Waals surface area contributed by atoms with E-state index in [9.17, 15) is 9.59 Å². The predicted octanol–water partition coefficient (Wildman–Crippen LogP) is 6.27. The van der Waals surface area contributed by atoms with E-state index in [0.717, 1.165) is 48.1 Å². The van der Waals surface area contributed by atoms with Gasteiger partial charge in [0.25, 0.3) is 5.91 Å². The van der Waals surface area contributed by atoms with Crippen LogP contribution >= 0.6 is 34.3 Å². The number of esters is 1. The number of aryl methyl sites for hydroxylation is 2. The topological polar surface area (TPSA) is 64.6 Å². The molecule has 0 bridgehead atoms. The van der Waals surface area contributed by atoms with Crippen molar-refractivity contribution in [1.82, 2.24) is 0 Å². The number of methoxy groups -OCH3 is 1. The molecule has 0 aliphatic heterocycles. The number of thiophene rings is 2. The van der Waals surface area contributed by atoms with Crippen LogP contribution in [0.15, 0.2) is 29.6 Å². The number of carbonyl (C=O) groups excluding carboxylic acids is 2. The van der Waals surface area contributed by atoms with Gasteiger partial charge in [0.15, 0.2) is 0 Å². The van der Waals surface area contributed by atoms with Crippen molar-refractivity contribution < 1.29 is 19.1 Å². The summed E-state index contributed by atoms with van der Waals surface area (Å²) in [5, 5.41) is 6.08. The summed E-state index contributed by atoms with van der Waals surface area (Å²) >= 11 is 8.82. The molecular weight excluding hydrogens is 454 g/mol. The molecule has 1 amide bonds. The summed E-state index contributed by atoms with van der Waals surface area (Å²) in [6, 6.07) is 7.29. The first-order valence-corrected chi connectivity index (χ1v) is 12.0. The number of ether oxygens (including phenoxy) is 2. The van der Waals surface area contributed by atoms with E-state index in [1.54, 1.807) is 6.07 Å². The Labute approximate surface area is 194 Å². The van der Waals surface area contributed by atoms with E-state index in [1.807, 2.05) is 30.5 Å². The first-order chi connectivity index (χ1) is 15.0. The average molecular weight is 476 g/mol. The third-order valence-corrected chi connectivity index (χ3v) is 7.62. The normalized spacial score (nSPS) is 12.9. The summed E-state index contributed by atoms with van der Waals surface area (Å²) in [6.07, 6.45) is 3.92. The van der Waals surface area contributed by atoms with Crippen molar-refractivity contribution in [2.24, 2.45) is 0 Å². The fraction of sp³-hybridized carbons (Fsp3) is 0.304. The van der Waals surface area contributed by atoms with Gasteiger partial charge in [-0.25, -0.2) is 4.79 Å². The van der Waals surface area contributed by atoms with Crippen molar-refractivity contribution in [3.05, 3.63) is 66.7 Å². The highest BCUT2D eigenvalue weighted by molar-refractivity contribution is 7.17. The summed E-state index contributed by atoms with van der Waals surface area (Å²) in [6.45, 7) is 2.29. The molecule has 162 valence electrons. The zero-order valence-corrected chi connectivity index (χ0v) is 19.6. The molecule has 0 atom stereocenters. The Morgan fingerprint density at radius 3 is 2.77 bits per heavy atom. The maximum Gasteiger partial charge on any atom is 0.341 e. The second-order valence-corrected chi connectivity index (χ2v) is 9.83. The first kappa shape index (κ1) is 21.9. The van der Waals surface area contributed by atoms with Gasteiger partial charge in [0.05, 0.1) is 17.6 Å². The Hall–Kier alpha value is -2.35. The predicted molar refractivity (Wildman–Crippen MR) is 125 cm³/mol. The van der Waals surface area contributed by atoms with Crippen LogP contribution in [0.3, 0.4) is 0 Å². The van der Waals surface area contributed by atoms with E-state index in [1.165, 1.54) is 34.7 Å². The minimum Gasteiger partial charge on any atom is -0.489 e. The number of hydrogen-bond acceptors (Lipinski definition) is 6. The molecule has 2 heterocycles. The fourth-order valence-corrected chi connectivity index (χ4v) is 5.93. The van der Waals surface area contributed by atoms with Crippen LogP contribution in [0, 0.1) is 6.92 Å². The maximum absolute atomic E-state index is 12.9. The van der Waals surface area contributed by atoms with Gasteiger partial charge >= 0.3 is 5.97 Å². The SMILES string of the molecule is COC(=O)c1c(NC(=O)c2cc(COc3ccc(Cl)cc3C)cs2)sc2c1CCCC2. The Morgan fingerprint density at radius 1 is 1.19 bits per heavy atom. The van der Waals surface area contributed by atoms with Gasteiger partial charge in [-0.05, 0) is 73.4 Å². The van der Waals surface area contributed by atoms with Gasteiger partial charge in [-0.2, -0.15) is 0 Å². The highest BCUT2D eigenvalue weighted by Gasteiger charge is 2.27. The number of carbonyl (C=O) groups is 2. The number of anilines is 1. The lowest BCUT2D eigenvalue weighted by Gasteiger charge is -2.11. The second-order valence-electron chi connectivity index (χ2n) is 7.38. The molecular formula is C23H22ClNO4S2. The third-order valence-electron chi connectivity index (χ3n) is 5.20. The van der Waals surface area contributed by atoms with Crippen molar-refractivity contribution >= 4 is 51.2 Å². The van der Waals surface area contributed by atoms with Crippen LogP contribution in [0.2, 0.25) is 5.02 Å². The van der Waals surface area contributed by atoms with Gasteiger partial charge in [-0.15, -0.1) is 22.7 Å². The van der Waals surface area contributed by atoms with Crippen LogP contribution in [-0.4, -0.2) is 19.0 Å². The Kier molecular flexibility index (Phi) is 6.65. The van der Waals surface area contributed by atoms with Crippen LogP contribution in [0.4, 0.5) is 5.00 Å². The number of fused-ring (bicyclic) bond motifs is 1. The zero-order valence-electron chi connectivity index (χ0n) is 17.2. The smallest absolute Gasteiger partial charge is 0.341 e. The standard InChI is InChI=1S/C23H22ClNO4S2/c1-13-9-15(24)7-8-17(13)29-11-14-10-19(30-12-14)21(26)25-22-20(23(27)28-2)16-5-3-4-6-18(16)31-22/h7-10,12H,3-6,11H2,1-2H3,(H,25,26).